The molecule has 0 amide bonds. The van der Waals surface area contributed by atoms with E-state index in [0.717, 1.165) is 27.2 Å². The summed E-state index contributed by atoms with van der Waals surface area (Å²) >= 11 is 3.43. The van der Waals surface area contributed by atoms with Gasteiger partial charge in [-0.05, 0) is 89.8 Å². The molecule has 6 rings (SSSR count). The summed E-state index contributed by atoms with van der Waals surface area (Å²) in [5.41, 5.74) is 10.5. The highest BCUT2D eigenvalue weighted by atomic mass is 79.9. The molecular weight excluding hydrogens is 576 g/mol. The van der Waals surface area contributed by atoms with Crippen molar-refractivity contribution in [1.82, 2.24) is 0 Å². The van der Waals surface area contributed by atoms with E-state index in [-0.39, 0.29) is 0 Å². The highest BCUT2D eigenvalue weighted by Crippen LogP contribution is 2.26. The molecule has 0 unspecified atom stereocenters. The van der Waals surface area contributed by atoms with Crippen molar-refractivity contribution in [3.8, 4) is 11.1 Å². The third kappa shape index (κ3) is 8.82. The summed E-state index contributed by atoms with van der Waals surface area (Å²) in [6, 6.07) is 54.2. The Hall–Kier alpha value is -4.86. The Morgan fingerprint density at radius 2 is 0.762 bits per heavy atom. The van der Waals surface area contributed by atoms with Gasteiger partial charge in [0.15, 0.2) is 0 Å². The molecule has 0 heterocycles. The molecule has 0 aliphatic rings. The predicted octanol–water partition coefficient (Wildman–Crippen LogP) is 11.8. The maximum absolute atomic E-state index is 3.43. The SMILES string of the molecule is Cc1ccc(/C=C/c2ccc(Br)cc2)cc1.c1ccc(Nc2ccc(-c3ccc(Nc4ccccc4)cc3)cc2)cc1. The third-order valence-electron chi connectivity index (χ3n) is 6.64. The smallest absolute Gasteiger partial charge is 0.0384 e. The fourth-order valence-electron chi connectivity index (χ4n) is 4.31. The van der Waals surface area contributed by atoms with E-state index in [2.05, 4.69) is 167 Å². The standard InChI is InChI=1S/C24H20N2.C15H13Br/c1-3-7-21(8-4-1)25-23-15-11-19(12-16-23)20-13-17-24(18-14-20)26-22-9-5-2-6-10-22;1-12-2-4-13(5-3-12)6-7-14-8-10-15(16)11-9-14/h1-18,25-26H;2-11H,1H3/b;7-6+. The summed E-state index contributed by atoms with van der Waals surface area (Å²) in [4.78, 5) is 0. The van der Waals surface area contributed by atoms with Gasteiger partial charge in [-0.1, -0.05) is 131 Å². The Morgan fingerprint density at radius 1 is 0.405 bits per heavy atom. The van der Waals surface area contributed by atoms with Crippen LogP contribution in [0.15, 0.2) is 162 Å². The zero-order valence-electron chi connectivity index (χ0n) is 23.5. The minimum atomic E-state index is 1.09. The van der Waals surface area contributed by atoms with E-state index in [9.17, 15) is 0 Å². The summed E-state index contributed by atoms with van der Waals surface area (Å²) < 4.78 is 1.11. The highest BCUT2D eigenvalue weighted by Gasteiger charge is 2.00. The maximum Gasteiger partial charge on any atom is 0.0384 e. The van der Waals surface area contributed by atoms with E-state index in [1.165, 1.54) is 27.8 Å². The van der Waals surface area contributed by atoms with Crippen LogP contribution in [0.4, 0.5) is 22.7 Å². The number of halogens is 1. The van der Waals surface area contributed by atoms with Crippen molar-refractivity contribution in [2.24, 2.45) is 0 Å². The molecule has 2 N–H and O–H groups in total. The summed E-state index contributed by atoms with van der Waals surface area (Å²) in [5, 5.41) is 6.82. The van der Waals surface area contributed by atoms with E-state index in [1.807, 2.05) is 36.4 Å². The summed E-state index contributed by atoms with van der Waals surface area (Å²) in [6.45, 7) is 2.10. The van der Waals surface area contributed by atoms with E-state index < -0.39 is 0 Å². The Labute approximate surface area is 257 Å². The number of rotatable bonds is 7. The molecule has 0 aliphatic heterocycles. The molecule has 0 saturated carbocycles. The van der Waals surface area contributed by atoms with E-state index in [1.54, 1.807) is 0 Å². The number of benzene rings is 6. The minimum absolute atomic E-state index is 1.09. The van der Waals surface area contributed by atoms with Crippen LogP contribution < -0.4 is 10.6 Å². The molecule has 0 spiro atoms. The lowest BCUT2D eigenvalue weighted by Gasteiger charge is -2.09. The van der Waals surface area contributed by atoms with Gasteiger partial charge < -0.3 is 10.6 Å². The van der Waals surface area contributed by atoms with Gasteiger partial charge in [0.1, 0.15) is 0 Å². The van der Waals surface area contributed by atoms with Crippen LogP contribution in [0, 0.1) is 6.92 Å². The average Bonchev–Trinajstić information content (AvgIpc) is 3.04. The van der Waals surface area contributed by atoms with Crippen molar-refractivity contribution in [3.05, 3.63) is 179 Å². The second kappa shape index (κ2) is 14.7. The Bertz CT molecular complexity index is 1540. The lowest BCUT2D eigenvalue weighted by atomic mass is 10.0. The second-order valence-electron chi connectivity index (χ2n) is 9.93. The number of anilines is 4. The Balaban J connectivity index is 0.000000189. The third-order valence-corrected chi connectivity index (χ3v) is 7.17. The molecule has 206 valence electrons. The van der Waals surface area contributed by atoms with Crippen LogP contribution in [-0.4, -0.2) is 0 Å². The molecule has 0 saturated heterocycles. The zero-order chi connectivity index (χ0) is 29.0. The van der Waals surface area contributed by atoms with Gasteiger partial charge in [-0.25, -0.2) is 0 Å². The van der Waals surface area contributed by atoms with Gasteiger partial charge >= 0.3 is 0 Å². The fraction of sp³-hybridized carbons (Fsp3) is 0.0256. The molecule has 2 nitrogen and oxygen atoms in total. The van der Waals surface area contributed by atoms with E-state index >= 15 is 0 Å². The maximum atomic E-state index is 3.43. The Kier molecular flexibility index (Phi) is 10.0. The molecule has 0 atom stereocenters. The number of aryl methyl sites for hydroxylation is 1. The van der Waals surface area contributed by atoms with Crippen molar-refractivity contribution in [2.45, 2.75) is 6.92 Å². The fourth-order valence-corrected chi connectivity index (χ4v) is 4.58. The first kappa shape index (κ1) is 28.7. The van der Waals surface area contributed by atoms with Gasteiger partial charge in [0, 0.05) is 27.2 Å². The molecule has 0 aromatic heterocycles. The Morgan fingerprint density at radius 3 is 1.17 bits per heavy atom. The molecule has 0 aliphatic carbocycles. The average molecular weight is 610 g/mol. The topological polar surface area (TPSA) is 24.1 Å². The summed E-state index contributed by atoms with van der Waals surface area (Å²) in [6.07, 6.45) is 4.25. The lowest BCUT2D eigenvalue weighted by molar-refractivity contribution is 1.46. The number of nitrogens with one attached hydrogen (secondary N) is 2. The van der Waals surface area contributed by atoms with Crippen LogP contribution in [-0.2, 0) is 0 Å². The summed E-state index contributed by atoms with van der Waals surface area (Å²) in [7, 11) is 0. The monoisotopic (exact) mass is 608 g/mol. The van der Waals surface area contributed by atoms with Crippen molar-refractivity contribution < 1.29 is 0 Å². The first-order chi connectivity index (χ1) is 20.6. The van der Waals surface area contributed by atoms with Crippen molar-refractivity contribution in [2.75, 3.05) is 10.6 Å². The van der Waals surface area contributed by atoms with E-state index in [0.29, 0.717) is 0 Å². The molecule has 0 radical (unpaired) electrons. The summed E-state index contributed by atoms with van der Waals surface area (Å²) in [5.74, 6) is 0. The molecule has 42 heavy (non-hydrogen) atoms. The normalized spacial score (nSPS) is 10.5. The van der Waals surface area contributed by atoms with Crippen LogP contribution >= 0.6 is 15.9 Å². The lowest BCUT2D eigenvalue weighted by Crippen LogP contribution is -1.90. The highest BCUT2D eigenvalue weighted by molar-refractivity contribution is 9.10. The van der Waals surface area contributed by atoms with E-state index in [4.69, 9.17) is 0 Å². The molecule has 0 bridgehead atoms. The zero-order valence-corrected chi connectivity index (χ0v) is 25.1. The number of hydrogen-bond acceptors (Lipinski definition) is 2. The molecular formula is C39H33BrN2. The minimum Gasteiger partial charge on any atom is -0.356 e. The molecule has 6 aromatic rings. The molecule has 3 heteroatoms. The van der Waals surface area contributed by atoms with Gasteiger partial charge in [-0.3, -0.25) is 0 Å². The van der Waals surface area contributed by atoms with Crippen molar-refractivity contribution in [1.29, 1.82) is 0 Å². The van der Waals surface area contributed by atoms with Gasteiger partial charge in [0.25, 0.3) is 0 Å². The second-order valence-corrected chi connectivity index (χ2v) is 10.8. The van der Waals surface area contributed by atoms with Crippen LogP contribution in [0.2, 0.25) is 0 Å². The van der Waals surface area contributed by atoms with Gasteiger partial charge in [0.2, 0.25) is 0 Å². The first-order valence-electron chi connectivity index (χ1n) is 14.0. The van der Waals surface area contributed by atoms with Gasteiger partial charge in [0.05, 0.1) is 0 Å². The quantitative estimate of drug-likeness (QED) is 0.176. The van der Waals surface area contributed by atoms with Crippen molar-refractivity contribution >= 4 is 50.8 Å². The first-order valence-corrected chi connectivity index (χ1v) is 14.7. The largest absolute Gasteiger partial charge is 0.356 e. The van der Waals surface area contributed by atoms with Crippen LogP contribution in [0.1, 0.15) is 16.7 Å². The predicted molar refractivity (Wildman–Crippen MR) is 186 cm³/mol. The number of para-hydroxylation sites is 2. The van der Waals surface area contributed by atoms with Crippen molar-refractivity contribution in [3.63, 3.8) is 0 Å². The molecule has 0 fully saturated rings. The van der Waals surface area contributed by atoms with Crippen LogP contribution in [0.5, 0.6) is 0 Å². The van der Waals surface area contributed by atoms with Gasteiger partial charge in [-0.15, -0.1) is 0 Å². The van der Waals surface area contributed by atoms with Crippen LogP contribution in [0.25, 0.3) is 23.3 Å². The van der Waals surface area contributed by atoms with Crippen LogP contribution in [0.3, 0.4) is 0 Å². The molecule has 6 aromatic carbocycles. The van der Waals surface area contributed by atoms with Gasteiger partial charge in [-0.2, -0.15) is 0 Å². The number of hydrogen-bond donors (Lipinski definition) is 2.